The Morgan fingerprint density at radius 1 is 1.21 bits per heavy atom. The summed E-state index contributed by atoms with van der Waals surface area (Å²) in [5.74, 6) is 4.50. The van der Waals surface area contributed by atoms with Crippen molar-refractivity contribution in [2.24, 2.45) is 29.1 Å². The maximum atomic E-state index is 2.43. The van der Waals surface area contributed by atoms with Gasteiger partial charge >= 0.3 is 0 Å². The molecule has 2 bridgehead atoms. The minimum absolute atomic E-state index is 0.935. The Bertz CT molecular complexity index is 282. The van der Waals surface area contributed by atoms with Crippen molar-refractivity contribution >= 4 is 0 Å². The van der Waals surface area contributed by atoms with Gasteiger partial charge in [-0.1, -0.05) is 12.2 Å². The van der Waals surface area contributed by atoms with Gasteiger partial charge in [-0.2, -0.15) is 0 Å². The number of allylic oxidation sites excluding steroid dienone is 2. The summed E-state index contributed by atoms with van der Waals surface area (Å²) in [6.45, 7) is 0. The van der Waals surface area contributed by atoms with Crippen molar-refractivity contribution < 1.29 is 0 Å². The van der Waals surface area contributed by atoms with Crippen molar-refractivity contribution in [3.8, 4) is 0 Å². The van der Waals surface area contributed by atoms with Gasteiger partial charge in [0.2, 0.25) is 0 Å². The molecule has 0 aromatic rings. The third-order valence-electron chi connectivity index (χ3n) is 5.92. The fraction of sp³-hybridized carbons (Fsp3) is 0.857. The summed E-state index contributed by atoms with van der Waals surface area (Å²) in [5.41, 5.74) is 0.935. The highest BCUT2D eigenvalue weighted by Crippen LogP contribution is 2.75. The maximum Gasteiger partial charge on any atom is -0.0199 e. The molecule has 0 saturated heterocycles. The van der Waals surface area contributed by atoms with E-state index in [4.69, 9.17) is 0 Å². The van der Waals surface area contributed by atoms with Gasteiger partial charge in [0.1, 0.15) is 0 Å². The summed E-state index contributed by atoms with van der Waals surface area (Å²) in [6.07, 6.45) is 15.6. The van der Waals surface area contributed by atoms with E-state index in [2.05, 4.69) is 12.2 Å². The van der Waals surface area contributed by atoms with Crippen LogP contribution in [0.4, 0.5) is 0 Å². The molecule has 14 heavy (non-hydrogen) atoms. The van der Waals surface area contributed by atoms with Crippen LogP contribution in [-0.4, -0.2) is 0 Å². The SMILES string of the molecule is C1=CC(CCC2C3CC4(CCC24)C3)C1. The zero-order valence-corrected chi connectivity index (χ0v) is 8.91. The van der Waals surface area contributed by atoms with E-state index < -0.39 is 0 Å². The quantitative estimate of drug-likeness (QED) is 0.591. The van der Waals surface area contributed by atoms with Crippen LogP contribution in [0.2, 0.25) is 0 Å². The highest BCUT2D eigenvalue weighted by atomic mass is 14.7. The van der Waals surface area contributed by atoms with E-state index in [-0.39, 0.29) is 0 Å². The van der Waals surface area contributed by atoms with Gasteiger partial charge in [0.15, 0.2) is 0 Å². The lowest BCUT2D eigenvalue weighted by molar-refractivity contribution is 0.0107. The van der Waals surface area contributed by atoms with Crippen LogP contribution in [0.25, 0.3) is 0 Å². The Morgan fingerprint density at radius 3 is 2.57 bits per heavy atom. The first-order chi connectivity index (χ1) is 6.87. The van der Waals surface area contributed by atoms with Crippen LogP contribution in [0.15, 0.2) is 12.2 Å². The number of hydrogen-bond acceptors (Lipinski definition) is 0. The van der Waals surface area contributed by atoms with Crippen LogP contribution in [0.3, 0.4) is 0 Å². The number of rotatable bonds is 3. The molecule has 5 aliphatic rings. The molecule has 0 N–H and O–H groups in total. The Hall–Kier alpha value is -0.260. The van der Waals surface area contributed by atoms with E-state index in [1.54, 1.807) is 32.1 Å². The molecule has 0 aromatic carbocycles. The van der Waals surface area contributed by atoms with Crippen molar-refractivity contribution in [3.63, 3.8) is 0 Å². The molecule has 5 rings (SSSR count). The minimum Gasteiger partial charge on any atom is -0.0877 e. The van der Waals surface area contributed by atoms with E-state index in [9.17, 15) is 0 Å². The first-order valence-corrected chi connectivity index (χ1v) is 6.54. The normalized spacial score (nSPS) is 57.1. The second-order valence-electron chi connectivity index (χ2n) is 6.34. The summed E-state index contributed by atoms with van der Waals surface area (Å²) in [5, 5.41) is 0. The van der Waals surface area contributed by atoms with Crippen LogP contribution in [0.1, 0.15) is 44.9 Å². The van der Waals surface area contributed by atoms with Crippen LogP contribution in [0.5, 0.6) is 0 Å². The van der Waals surface area contributed by atoms with E-state index in [0.717, 1.165) is 17.3 Å². The van der Waals surface area contributed by atoms with E-state index in [1.165, 1.54) is 24.7 Å². The van der Waals surface area contributed by atoms with Gasteiger partial charge in [0.05, 0.1) is 0 Å². The highest BCUT2D eigenvalue weighted by molar-refractivity contribution is 5.16. The van der Waals surface area contributed by atoms with Crippen LogP contribution in [0, 0.1) is 29.1 Å². The first kappa shape index (κ1) is 7.96. The summed E-state index contributed by atoms with van der Waals surface area (Å²) in [6, 6.07) is 0. The second-order valence-corrected chi connectivity index (χ2v) is 6.34. The molecule has 0 nitrogen and oxygen atoms in total. The maximum absolute atomic E-state index is 2.43. The van der Waals surface area contributed by atoms with Crippen molar-refractivity contribution in [2.45, 2.75) is 44.9 Å². The monoisotopic (exact) mass is 188 g/mol. The Labute approximate surface area is 86.8 Å². The van der Waals surface area contributed by atoms with Crippen LogP contribution in [-0.2, 0) is 0 Å². The van der Waals surface area contributed by atoms with Gasteiger partial charge in [-0.25, -0.2) is 0 Å². The molecule has 0 heterocycles. The molecule has 0 heteroatoms. The molecular formula is C14H20. The van der Waals surface area contributed by atoms with Crippen molar-refractivity contribution in [1.29, 1.82) is 0 Å². The van der Waals surface area contributed by atoms with Gasteiger partial charge < -0.3 is 0 Å². The molecule has 0 aliphatic heterocycles. The lowest BCUT2D eigenvalue weighted by atomic mass is 9.56. The third-order valence-corrected chi connectivity index (χ3v) is 5.92. The molecule has 1 spiro atoms. The molecule has 5 aliphatic carbocycles. The second kappa shape index (κ2) is 2.46. The van der Waals surface area contributed by atoms with Gasteiger partial charge in [-0.05, 0) is 74.0 Å². The lowest BCUT2D eigenvalue weighted by Gasteiger charge is -2.49. The average Bonchev–Trinajstić information content (AvgIpc) is 2.25. The minimum atomic E-state index is 0.935. The summed E-state index contributed by atoms with van der Waals surface area (Å²) in [7, 11) is 0. The molecule has 3 atom stereocenters. The average molecular weight is 188 g/mol. The molecule has 0 amide bonds. The number of hydrogen-bond donors (Lipinski definition) is 0. The molecule has 76 valence electrons. The topological polar surface area (TPSA) is 0 Å². The van der Waals surface area contributed by atoms with Gasteiger partial charge in [0.25, 0.3) is 0 Å². The molecular weight excluding hydrogens is 168 g/mol. The zero-order valence-electron chi connectivity index (χ0n) is 8.91. The first-order valence-electron chi connectivity index (χ1n) is 6.54. The fourth-order valence-corrected chi connectivity index (χ4v) is 4.90. The Kier molecular flexibility index (Phi) is 1.40. The fourth-order valence-electron chi connectivity index (χ4n) is 4.90. The molecule has 4 fully saturated rings. The van der Waals surface area contributed by atoms with Crippen LogP contribution < -0.4 is 0 Å². The summed E-state index contributed by atoms with van der Waals surface area (Å²) < 4.78 is 0. The standard InChI is InChI=1S/C14H20/c1-2-10(3-1)4-5-12-11-8-14(9-11)7-6-13(12)14/h1-2,10-13H,3-9H2. The van der Waals surface area contributed by atoms with Gasteiger partial charge in [0, 0.05) is 0 Å². The Morgan fingerprint density at radius 2 is 2.07 bits per heavy atom. The van der Waals surface area contributed by atoms with E-state index in [0.29, 0.717) is 0 Å². The summed E-state index contributed by atoms with van der Waals surface area (Å²) in [4.78, 5) is 0. The third kappa shape index (κ3) is 0.816. The molecule has 4 saturated carbocycles. The van der Waals surface area contributed by atoms with E-state index in [1.807, 2.05) is 0 Å². The smallest absolute Gasteiger partial charge is 0.0199 e. The Balaban J connectivity index is 1.40. The largest absolute Gasteiger partial charge is 0.0877 e. The van der Waals surface area contributed by atoms with Gasteiger partial charge in [-0.3, -0.25) is 0 Å². The predicted molar refractivity (Wildman–Crippen MR) is 57.9 cm³/mol. The highest BCUT2D eigenvalue weighted by Gasteiger charge is 2.66. The molecule has 3 unspecified atom stereocenters. The van der Waals surface area contributed by atoms with Crippen molar-refractivity contribution in [1.82, 2.24) is 0 Å². The van der Waals surface area contributed by atoms with Crippen LogP contribution >= 0.6 is 0 Å². The lowest BCUT2D eigenvalue weighted by Crippen LogP contribution is -2.39. The van der Waals surface area contributed by atoms with Gasteiger partial charge in [-0.15, -0.1) is 0 Å². The summed E-state index contributed by atoms with van der Waals surface area (Å²) >= 11 is 0. The van der Waals surface area contributed by atoms with Crippen molar-refractivity contribution in [2.75, 3.05) is 0 Å². The zero-order chi connectivity index (χ0) is 9.17. The van der Waals surface area contributed by atoms with Crippen molar-refractivity contribution in [3.05, 3.63) is 12.2 Å². The predicted octanol–water partition coefficient (Wildman–Crippen LogP) is 3.78. The van der Waals surface area contributed by atoms with E-state index >= 15 is 0 Å². The molecule has 0 radical (unpaired) electrons. The molecule has 0 aromatic heterocycles.